The quantitative estimate of drug-likeness (QED) is 0.848. The molecule has 90 valence electrons. The third-order valence-electron chi connectivity index (χ3n) is 2.23. The van der Waals surface area contributed by atoms with Gasteiger partial charge in [-0.05, 0) is 18.6 Å². The second-order valence-corrected chi connectivity index (χ2v) is 5.90. The fourth-order valence-electron chi connectivity index (χ4n) is 1.40. The molecule has 17 heavy (non-hydrogen) atoms. The van der Waals surface area contributed by atoms with Crippen LogP contribution in [0.1, 0.15) is 13.3 Å². The molecular weight excluding hydrogens is 320 g/mol. The molecule has 0 unspecified atom stereocenters. The molecule has 0 atom stereocenters. The number of thiazole rings is 1. The Labute approximate surface area is 118 Å². The maximum absolute atomic E-state index is 5.92. The van der Waals surface area contributed by atoms with E-state index in [0.717, 1.165) is 38.0 Å². The number of rotatable bonds is 4. The molecule has 0 fully saturated rings. The third-order valence-corrected chi connectivity index (χ3v) is 4.11. The fourth-order valence-corrected chi connectivity index (χ4v) is 3.31. The lowest BCUT2D eigenvalue weighted by Crippen LogP contribution is -1.97. The summed E-state index contributed by atoms with van der Waals surface area (Å²) < 4.78 is 0.996. The number of anilines is 1. The van der Waals surface area contributed by atoms with Crippen molar-refractivity contribution < 1.29 is 0 Å². The van der Waals surface area contributed by atoms with Crippen molar-refractivity contribution in [1.82, 2.24) is 4.98 Å². The maximum Gasteiger partial charge on any atom is 0.183 e. The Balaban J connectivity index is 2.24. The summed E-state index contributed by atoms with van der Waals surface area (Å²) in [5, 5.41) is 4.97. The molecule has 1 aromatic carbocycles. The summed E-state index contributed by atoms with van der Waals surface area (Å²) in [6, 6.07) is 5.79. The van der Waals surface area contributed by atoms with Crippen LogP contribution in [0.4, 0.5) is 5.13 Å². The molecule has 2 rings (SSSR count). The molecule has 0 aliphatic heterocycles. The zero-order valence-corrected chi connectivity index (χ0v) is 12.5. The summed E-state index contributed by atoms with van der Waals surface area (Å²) >= 11 is 11.1. The van der Waals surface area contributed by atoms with Gasteiger partial charge in [-0.2, -0.15) is 0 Å². The van der Waals surface area contributed by atoms with E-state index in [1.165, 1.54) is 0 Å². The van der Waals surface area contributed by atoms with E-state index in [1.807, 2.05) is 24.4 Å². The number of nitrogens with zero attached hydrogens (tertiary/aromatic N) is 1. The first-order valence-corrected chi connectivity index (χ1v) is 7.34. The van der Waals surface area contributed by atoms with Gasteiger partial charge in [0.1, 0.15) is 0 Å². The normalized spacial score (nSPS) is 10.5. The highest BCUT2D eigenvalue weighted by molar-refractivity contribution is 9.10. The van der Waals surface area contributed by atoms with Gasteiger partial charge in [0.25, 0.3) is 0 Å². The van der Waals surface area contributed by atoms with Gasteiger partial charge in [-0.3, -0.25) is 0 Å². The highest BCUT2D eigenvalue weighted by Crippen LogP contribution is 2.35. The lowest BCUT2D eigenvalue weighted by atomic mass is 10.2. The number of aromatic nitrogens is 1. The van der Waals surface area contributed by atoms with Gasteiger partial charge in [-0.1, -0.05) is 51.9 Å². The minimum absolute atomic E-state index is 0.731. The van der Waals surface area contributed by atoms with Gasteiger partial charge in [0.2, 0.25) is 0 Å². The van der Waals surface area contributed by atoms with Crippen molar-refractivity contribution in [3.63, 3.8) is 0 Å². The average molecular weight is 332 g/mol. The molecule has 0 aliphatic rings. The Kier molecular flexibility index (Phi) is 4.42. The predicted molar refractivity (Wildman–Crippen MR) is 79.0 cm³/mol. The summed E-state index contributed by atoms with van der Waals surface area (Å²) in [6.45, 7) is 3.09. The van der Waals surface area contributed by atoms with Crippen LogP contribution in [0.25, 0.3) is 10.4 Å². The zero-order chi connectivity index (χ0) is 12.3. The summed E-state index contributed by atoms with van der Waals surface area (Å²) in [6.07, 6.45) is 2.98. The first kappa shape index (κ1) is 12.9. The van der Waals surface area contributed by atoms with Crippen LogP contribution in [0.5, 0.6) is 0 Å². The van der Waals surface area contributed by atoms with Crippen LogP contribution < -0.4 is 5.32 Å². The summed E-state index contributed by atoms with van der Waals surface area (Å²) in [5.41, 5.74) is 1.12. The largest absolute Gasteiger partial charge is 0.362 e. The molecule has 2 aromatic rings. The van der Waals surface area contributed by atoms with Crippen LogP contribution in [0.15, 0.2) is 28.9 Å². The predicted octanol–water partition coefficient (Wildman–Crippen LogP) is 5.05. The standard InChI is InChI=1S/C12H12BrClN2S/c1-2-5-15-12-16-7-11(17-12)9-4-3-8(14)6-10(9)13/h3-4,6-7H,2,5H2,1H3,(H,15,16). The van der Waals surface area contributed by atoms with Gasteiger partial charge in [-0.25, -0.2) is 4.98 Å². The van der Waals surface area contributed by atoms with Gasteiger partial charge in [0.05, 0.1) is 4.88 Å². The van der Waals surface area contributed by atoms with E-state index in [-0.39, 0.29) is 0 Å². The van der Waals surface area contributed by atoms with Crippen molar-refractivity contribution in [2.24, 2.45) is 0 Å². The zero-order valence-electron chi connectivity index (χ0n) is 9.34. The molecular formula is C12H12BrClN2S. The number of halogens is 2. The Morgan fingerprint density at radius 1 is 1.47 bits per heavy atom. The molecule has 1 heterocycles. The van der Waals surface area contributed by atoms with E-state index in [1.54, 1.807) is 11.3 Å². The highest BCUT2D eigenvalue weighted by Gasteiger charge is 2.07. The van der Waals surface area contributed by atoms with E-state index >= 15 is 0 Å². The van der Waals surface area contributed by atoms with Crippen LogP contribution >= 0.6 is 38.9 Å². The Bertz CT molecular complexity index is 513. The van der Waals surface area contributed by atoms with Crippen LogP contribution in [-0.2, 0) is 0 Å². The summed E-state index contributed by atoms with van der Waals surface area (Å²) in [4.78, 5) is 5.48. The number of benzene rings is 1. The topological polar surface area (TPSA) is 24.9 Å². The van der Waals surface area contributed by atoms with Crippen LogP contribution in [0, 0.1) is 0 Å². The second-order valence-electron chi connectivity index (χ2n) is 3.58. The molecule has 0 aliphatic carbocycles. The molecule has 0 amide bonds. The molecule has 1 N–H and O–H groups in total. The lowest BCUT2D eigenvalue weighted by molar-refractivity contribution is 0.976. The number of hydrogen-bond donors (Lipinski definition) is 1. The maximum atomic E-state index is 5.92. The van der Waals surface area contributed by atoms with E-state index in [9.17, 15) is 0 Å². The van der Waals surface area contributed by atoms with Gasteiger partial charge in [0.15, 0.2) is 5.13 Å². The molecule has 1 aromatic heterocycles. The minimum Gasteiger partial charge on any atom is -0.362 e. The Morgan fingerprint density at radius 2 is 2.29 bits per heavy atom. The first-order chi connectivity index (χ1) is 8.20. The van der Waals surface area contributed by atoms with Gasteiger partial charge >= 0.3 is 0 Å². The molecule has 0 saturated carbocycles. The molecule has 2 nitrogen and oxygen atoms in total. The van der Waals surface area contributed by atoms with Crippen LogP contribution in [0.2, 0.25) is 5.02 Å². The van der Waals surface area contributed by atoms with Crippen molar-refractivity contribution in [3.8, 4) is 10.4 Å². The minimum atomic E-state index is 0.731. The van der Waals surface area contributed by atoms with Gasteiger partial charge in [-0.15, -0.1) is 0 Å². The highest BCUT2D eigenvalue weighted by atomic mass is 79.9. The van der Waals surface area contributed by atoms with Gasteiger partial charge in [0, 0.05) is 27.8 Å². The van der Waals surface area contributed by atoms with Gasteiger partial charge < -0.3 is 5.32 Å². The van der Waals surface area contributed by atoms with E-state index in [4.69, 9.17) is 11.6 Å². The van der Waals surface area contributed by atoms with Crippen molar-refractivity contribution in [2.45, 2.75) is 13.3 Å². The summed E-state index contributed by atoms with van der Waals surface area (Å²) in [5.74, 6) is 0. The number of nitrogens with one attached hydrogen (secondary N) is 1. The van der Waals surface area contributed by atoms with Crippen molar-refractivity contribution >= 4 is 44.0 Å². The lowest BCUT2D eigenvalue weighted by Gasteiger charge is -2.01. The smallest absolute Gasteiger partial charge is 0.183 e. The fraction of sp³-hybridized carbons (Fsp3) is 0.250. The monoisotopic (exact) mass is 330 g/mol. The van der Waals surface area contributed by atoms with Crippen molar-refractivity contribution in [2.75, 3.05) is 11.9 Å². The molecule has 0 radical (unpaired) electrons. The van der Waals surface area contributed by atoms with Crippen LogP contribution in [-0.4, -0.2) is 11.5 Å². The Hall–Kier alpha value is -0.580. The Morgan fingerprint density at radius 3 is 3.00 bits per heavy atom. The average Bonchev–Trinajstić information content (AvgIpc) is 2.75. The second kappa shape index (κ2) is 5.85. The molecule has 0 bridgehead atoms. The SMILES string of the molecule is CCCNc1ncc(-c2ccc(Cl)cc2Br)s1. The first-order valence-electron chi connectivity index (χ1n) is 5.36. The molecule has 0 saturated heterocycles. The third kappa shape index (κ3) is 3.21. The molecule has 0 spiro atoms. The van der Waals surface area contributed by atoms with Crippen LogP contribution in [0.3, 0.4) is 0 Å². The van der Waals surface area contributed by atoms with Crippen molar-refractivity contribution in [3.05, 3.63) is 33.9 Å². The summed E-state index contributed by atoms with van der Waals surface area (Å²) in [7, 11) is 0. The van der Waals surface area contributed by atoms with Crippen molar-refractivity contribution in [1.29, 1.82) is 0 Å². The van der Waals surface area contributed by atoms with E-state index < -0.39 is 0 Å². The number of hydrogen-bond acceptors (Lipinski definition) is 3. The van der Waals surface area contributed by atoms with E-state index in [0.29, 0.717) is 0 Å². The molecule has 5 heteroatoms. The van der Waals surface area contributed by atoms with E-state index in [2.05, 4.69) is 33.2 Å².